The number of aliphatic hydroxyl groups is 1. The summed E-state index contributed by atoms with van der Waals surface area (Å²) in [6.45, 7) is 1.52. The van der Waals surface area contributed by atoms with Crippen LogP contribution in [0.3, 0.4) is 0 Å². The number of amides is 4. The van der Waals surface area contributed by atoms with E-state index in [1.807, 2.05) is 12.1 Å². The highest BCUT2D eigenvalue weighted by molar-refractivity contribution is 6.32. The molecule has 11 heteroatoms. The van der Waals surface area contributed by atoms with Crippen LogP contribution in [-0.4, -0.2) is 41.9 Å². The van der Waals surface area contributed by atoms with Crippen LogP contribution in [0.4, 0.5) is 15.8 Å². The Morgan fingerprint density at radius 3 is 2.35 bits per heavy atom. The van der Waals surface area contributed by atoms with Gasteiger partial charge < -0.3 is 9.84 Å². The van der Waals surface area contributed by atoms with Gasteiger partial charge in [0.25, 0.3) is 0 Å². The third-order valence-electron chi connectivity index (χ3n) is 10.1. The Morgan fingerprint density at radius 1 is 0.913 bits per heavy atom. The van der Waals surface area contributed by atoms with Gasteiger partial charge in [0, 0.05) is 16.5 Å². The first-order valence-corrected chi connectivity index (χ1v) is 15.8. The standard InChI is InChI=1S/C35H29Cl2FN2O6/c1-35-25(32(43)40(34(35)45)20-10-13-27(38)26(37)16-20)17-24-21(30(35)22-4-2-3-5-28(22)46-15-14-41)11-12-23-29(24)33(44)39(31(23)42)19-8-6-18(36)7-9-19/h2-11,13,16,23-25,29-30,41H,12,14-15,17H2,1H3/t23-,24+,25-,29-,30+,35+/m0/s1. The van der Waals surface area contributed by atoms with Crippen molar-refractivity contribution in [2.75, 3.05) is 23.0 Å². The monoisotopic (exact) mass is 662 g/mol. The first-order chi connectivity index (χ1) is 22.1. The highest BCUT2D eigenvalue weighted by atomic mass is 35.5. The number of halogens is 3. The van der Waals surface area contributed by atoms with E-state index in [0.29, 0.717) is 22.0 Å². The average Bonchev–Trinajstić information content (AvgIpc) is 3.41. The second-order valence-electron chi connectivity index (χ2n) is 12.4. The Labute approximate surface area is 274 Å². The quantitative estimate of drug-likeness (QED) is 0.259. The number of aliphatic hydroxyl groups excluding tert-OH is 1. The number of para-hydroxylation sites is 1. The van der Waals surface area contributed by atoms with Gasteiger partial charge in [-0.15, -0.1) is 0 Å². The van der Waals surface area contributed by atoms with E-state index in [1.54, 1.807) is 49.4 Å². The average molecular weight is 664 g/mol. The lowest BCUT2D eigenvalue weighted by molar-refractivity contribution is -0.131. The normalized spacial score (nSPS) is 28.6. The Bertz CT molecular complexity index is 1830. The van der Waals surface area contributed by atoms with Crippen LogP contribution in [0.25, 0.3) is 0 Å². The largest absolute Gasteiger partial charge is 0.491 e. The number of carbonyl (C=O) groups is 4. The Kier molecular flexibility index (Phi) is 7.54. The fourth-order valence-corrected chi connectivity index (χ4v) is 8.38. The zero-order valence-electron chi connectivity index (χ0n) is 24.7. The predicted octanol–water partition coefficient (Wildman–Crippen LogP) is 5.94. The molecule has 0 spiro atoms. The van der Waals surface area contributed by atoms with Crippen molar-refractivity contribution in [3.8, 4) is 5.75 Å². The van der Waals surface area contributed by atoms with E-state index >= 15 is 0 Å². The van der Waals surface area contributed by atoms with E-state index in [1.165, 1.54) is 17.0 Å². The summed E-state index contributed by atoms with van der Waals surface area (Å²) in [6, 6.07) is 17.4. The van der Waals surface area contributed by atoms with Gasteiger partial charge in [-0.25, -0.2) is 9.29 Å². The maximum Gasteiger partial charge on any atom is 0.241 e. The van der Waals surface area contributed by atoms with Crippen molar-refractivity contribution in [1.29, 1.82) is 0 Å². The third kappa shape index (κ3) is 4.43. The molecule has 8 nitrogen and oxygen atoms in total. The maximum atomic E-state index is 14.6. The van der Waals surface area contributed by atoms with Crippen molar-refractivity contribution in [3.63, 3.8) is 0 Å². The third-order valence-corrected chi connectivity index (χ3v) is 10.6. The number of hydrogen-bond donors (Lipinski definition) is 1. The molecule has 0 aromatic heterocycles. The molecule has 2 aliphatic carbocycles. The molecule has 3 fully saturated rings. The van der Waals surface area contributed by atoms with Crippen molar-refractivity contribution in [2.24, 2.45) is 29.1 Å². The Hall–Kier alpha value is -4.05. The number of benzene rings is 3. The number of hydrogen-bond acceptors (Lipinski definition) is 6. The number of anilines is 2. The van der Waals surface area contributed by atoms with E-state index in [0.717, 1.165) is 16.5 Å². The summed E-state index contributed by atoms with van der Waals surface area (Å²) in [5, 5.41) is 9.77. The maximum absolute atomic E-state index is 14.6. The first-order valence-electron chi connectivity index (χ1n) is 15.1. The molecule has 46 heavy (non-hydrogen) atoms. The summed E-state index contributed by atoms with van der Waals surface area (Å²) in [7, 11) is 0. The van der Waals surface area contributed by atoms with Crippen molar-refractivity contribution < 1.29 is 33.4 Å². The number of carbonyl (C=O) groups excluding carboxylic acids is 4. The molecule has 2 saturated heterocycles. The van der Waals surface area contributed by atoms with Gasteiger partial charge in [0.05, 0.1) is 46.2 Å². The van der Waals surface area contributed by atoms with Crippen molar-refractivity contribution in [2.45, 2.75) is 25.7 Å². The summed E-state index contributed by atoms with van der Waals surface area (Å²) in [5.41, 5.74) is 0.662. The molecular formula is C35H29Cl2FN2O6. The van der Waals surface area contributed by atoms with Gasteiger partial charge in [-0.2, -0.15) is 0 Å². The van der Waals surface area contributed by atoms with Gasteiger partial charge in [0.2, 0.25) is 23.6 Å². The molecule has 4 amide bonds. The molecule has 236 valence electrons. The van der Waals surface area contributed by atoms with Crippen LogP contribution in [0.5, 0.6) is 5.75 Å². The van der Waals surface area contributed by atoms with Crippen molar-refractivity contribution in [3.05, 3.63) is 99.8 Å². The summed E-state index contributed by atoms with van der Waals surface area (Å²) >= 11 is 12.2. The van der Waals surface area contributed by atoms with E-state index < -0.39 is 52.6 Å². The smallest absolute Gasteiger partial charge is 0.241 e. The number of rotatable bonds is 6. The topological polar surface area (TPSA) is 104 Å². The lowest BCUT2D eigenvalue weighted by atomic mass is 9.51. The number of allylic oxidation sites excluding steroid dienone is 2. The van der Waals surface area contributed by atoms with Crippen molar-refractivity contribution in [1.82, 2.24) is 0 Å². The number of imide groups is 2. The lowest BCUT2D eigenvalue weighted by Crippen LogP contribution is -2.49. The highest BCUT2D eigenvalue weighted by Crippen LogP contribution is 2.64. The Morgan fingerprint density at radius 2 is 1.63 bits per heavy atom. The molecule has 2 heterocycles. The second-order valence-corrected chi connectivity index (χ2v) is 13.2. The lowest BCUT2D eigenvalue weighted by Gasteiger charge is -2.49. The SMILES string of the molecule is C[C@@]12C(=O)N(c3ccc(F)c(Cl)c3)C(=O)[C@@H]1C[C@@H]1C(=CC[C@@H]3C(=O)N(c4ccc(Cl)cc4)C(=O)[C@@H]31)[C@@H]2c1ccccc1OCCO. The molecule has 0 radical (unpaired) electrons. The molecule has 7 rings (SSSR count). The molecule has 4 aliphatic rings. The molecule has 3 aromatic carbocycles. The molecule has 1 saturated carbocycles. The summed E-state index contributed by atoms with van der Waals surface area (Å²) in [6.07, 6.45) is 2.39. The Balaban J connectivity index is 1.37. The van der Waals surface area contributed by atoms with E-state index in [4.69, 9.17) is 27.9 Å². The zero-order valence-corrected chi connectivity index (χ0v) is 26.2. The number of fused-ring (bicyclic) bond motifs is 4. The van der Waals surface area contributed by atoms with Gasteiger partial charge in [-0.05, 0) is 74.2 Å². The summed E-state index contributed by atoms with van der Waals surface area (Å²) in [5.74, 6) is -5.41. The molecule has 1 N–H and O–H groups in total. The summed E-state index contributed by atoms with van der Waals surface area (Å²) < 4.78 is 20.1. The molecule has 2 aliphatic heterocycles. The van der Waals surface area contributed by atoms with Gasteiger partial charge in [0.1, 0.15) is 18.2 Å². The van der Waals surface area contributed by atoms with Gasteiger partial charge in [-0.3, -0.25) is 24.1 Å². The summed E-state index contributed by atoms with van der Waals surface area (Å²) in [4.78, 5) is 59.1. The van der Waals surface area contributed by atoms with Gasteiger partial charge >= 0.3 is 0 Å². The van der Waals surface area contributed by atoms with Crippen LogP contribution >= 0.6 is 23.2 Å². The molecule has 6 atom stereocenters. The van der Waals surface area contributed by atoms with Crippen LogP contribution in [0.1, 0.15) is 31.2 Å². The fraction of sp³-hybridized carbons (Fsp3) is 0.314. The minimum Gasteiger partial charge on any atom is -0.491 e. The highest BCUT2D eigenvalue weighted by Gasteiger charge is 2.68. The van der Waals surface area contributed by atoms with Gasteiger partial charge in [0.15, 0.2) is 0 Å². The molecule has 0 bridgehead atoms. The van der Waals surface area contributed by atoms with Crippen LogP contribution < -0.4 is 14.5 Å². The predicted molar refractivity (Wildman–Crippen MR) is 169 cm³/mol. The fourth-order valence-electron chi connectivity index (χ4n) is 8.08. The van der Waals surface area contributed by atoms with Crippen LogP contribution in [-0.2, 0) is 19.2 Å². The zero-order chi connectivity index (χ0) is 32.5. The minimum absolute atomic E-state index is 0.00711. The second kappa shape index (κ2) is 11.3. The first kappa shape index (κ1) is 30.6. The van der Waals surface area contributed by atoms with Crippen LogP contribution in [0.15, 0.2) is 78.4 Å². The molecular weight excluding hydrogens is 634 g/mol. The molecule has 3 aromatic rings. The van der Waals surface area contributed by atoms with Gasteiger partial charge in [-0.1, -0.05) is 53.1 Å². The van der Waals surface area contributed by atoms with E-state index in [2.05, 4.69) is 0 Å². The number of nitrogens with zero attached hydrogens (tertiary/aromatic N) is 2. The minimum atomic E-state index is -1.33. The van der Waals surface area contributed by atoms with Crippen LogP contribution in [0, 0.1) is 34.9 Å². The molecule has 0 unspecified atom stereocenters. The van der Waals surface area contributed by atoms with E-state index in [-0.39, 0.29) is 48.6 Å². The number of ether oxygens (including phenoxy) is 1. The van der Waals surface area contributed by atoms with Crippen molar-refractivity contribution >= 4 is 58.2 Å². The van der Waals surface area contributed by atoms with Crippen LogP contribution in [0.2, 0.25) is 10.0 Å². The van der Waals surface area contributed by atoms with E-state index in [9.17, 15) is 28.7 Å².